The lowest BCUT2D eigenvalue weighted by Gasteiger charge is -2.25. The summed E-state index contributed by atoms with van der Waals surface area (Å²) < 4.78 is 1.72. The first kappa shape index (κ1) is 12.8. The van der Waals surface area contributed by atoms with Gasteiger partial charge in [0.25, 0.3) is 0 Å². The Bertz CT molecular complexity index is 587. The van der Waals surface area contributed by atoms with E-state index in [1.54, 1.807) is 11.0 Å². The van der Waals surface area contributed by atoms with Crippen LogP contribution in [0.4, 0.5) is 0 Å². The predicted molar refractivity (Wildman–Crippen MR) is 75.3 cm³/mol. The quantitative estimate of drug-likeness (QED) is 0.855. The Morgan fingerprint density at radius 1 is 1.35 bits per heavy atom. The zero-order valence-corrected chi connectivity index (χ0v) is 11.7. The van der Waals surface area contributed by atoms with Gasteiger partial charge >= 0.3 is 0 Å². The zero-order chi connectivity index (χ0) is 14.1. The van der Waals surface area contributed by atoms with E-state index < -0.39 is 0 Å². The lowest BCUT2D eigenvalue weighted by molar-refractivity contribution is -0.133. The Kier molecular flexibility index (Phi) is 3.26. The number of hydrogen-bond acceptors (Lipinski definition) is 3. The first-order valence-electron chi connectivity index (χ1n) is 6.88. The molecule has 1 aliphatic rings. The van der Waals surface area contributed by atoms with E-state index in [1.807, 2.05) is 36.2 Å². The molecule has 1 aromatic heterocycles. The van der Waals surface area contributed by atoms with Crippen molar-refractivity contribution in [3.05, 3.63) is 42.5 Å². The topological polar surface area (TPSA) is 51.0 Å². The van der Waals surface area contributed by atoms with Gasteiger partial charge in [-0.1, -0.05) is 12.1 Å². The lowest BCUT2D eigenvalue weighted by atomic mass is 10.1. The highest BCUT2D eigenvalue weighted by Gasteiger charge is 2.33. The van der Waals surface area contributed by atoms with Crippen LogP contribution in [-0.4, -0.2) is 32.6 Å². The summed E-state index contributed by atoms with van der Waals surface area (Å²) >= 11 is 0. The lowest BCUT2D eigenvalue weighted by Crippen LogP contribution is -2.30. The van der Waals surface area contributed by atoms with Crippen LogP contribution < -0.4 is 0 Å². The van der Waals surface area contributed by atoms with E-state index >= 15 is 0 Å². The van der Waals surface area contributed by atoms with Crippen LogP contribution in [0.5, 0.6) is 0 Å². The molecule has 1 saturated carbocycles. The van der Waals surface area contributed by atoms with E-state index in [1.165, 1.54) is 6.33 Å². The largest absolute Gasteiger partial charge is 0.339 e. The highest BCUT2D eigenvalue weighted by molar-refractivity contribution is 5.81. The van der Waals surface area contributed by atoms with Gasteiger partial charge < -0.3 is 4.90 Å². The molecule has 0 bridgehead atoms. The van der Waals surface area contributed by atoms with Crippen LogP contribution in [0.3, 0.4) is 0 Å². The fourth-order valence-corrected chi connectivity index (χ4v) is 2.28. The van der Waals surface area contributed by atoms with E-state index in [0.29, 0.717) is 0 Å². The third kappa shape index (κ3) is 2.43. The number of hydrogen-bond donors (Lipinski definition) is 0. The van der Waals surface area contributed by atoms with Gasteiger partial charge in [-0.3, -0.25) is 4.79 Å². The maximum absolute atomic E-state index is 12.1. The molecule has 0 radical (unpaired) electrons. The molecule has 0 N–H and O–H groups in total. The number of rotatable bonds is 4. The molecule has 2 aromatic rings. The average molecular weight is 270 g/mol. The first-order valence-corrected chi connectivity index (χ1v) is 6.88. The van der Waals surface area contributed by atoms with Crippen molar-refractivity contribution in [2.75, 3.05) is 7.05 Å². The number of amides is 1. The molecule has 1 fully saturated rings. The Hall–Kier alpha value is -2.17. The molecular formula is C15H18N4O. The van der Waals surface area contributed by atoms with E-state index in [2.05, 4.69) is 17.0 Å². The number of carbonyl (C=O) groups excluding carboxylic acids is 1. The van der Waals surface area contributed by atoms with Crippen molar-refractivity contribution in [1.82, 2.24) is 19.7 Å². The summed E-state index contributed by atoms with van der Waals surface area (Å²) in [4.78, 5) is 17.9. The molecular weight excluding hydrogens is 252 g/mol. The van der Waals surface area contributed by atoms with Crippen molar-refractivity contribution in [3.8, 4) is 5.69 Å². The second-order valence-electron chi connectivity index (χ2n) is 5.33. The van der Waals surface area contributed by atoms with Gasteiger partial charge in [-0.15, -0.1) is 0 Å². The molecule has 0 saturated heterocycles. The smallest absolute Gasteiger partial charge is 0.225 e. The van der Waals surface area contributed by atoms with Gasteiger partial charge in [0.15, 0.2) is 0 Å². The second-order valence-corrected chi connectivity index (χ2v) is 5.33. The van der Waals surface area contributed by atoms with Gasteiger partial charge in [0.1, 0.15) is 12.7 Å². The normalized spacial score (nSPS) is 15.9. The molecule has 0 aliphatic heterocycles. The molecule has 0 spiro atoms. The molecule has 1 heterocycles. The Morgan fingerprint density at radius 2 is 2.05 bits per heavy atom. The van der Waals surface area contributed by atoms with Gasteiger partial charge in [0.2, 0.25) is 5.91 Å². The van der Waals surface area contributed by atoms with E-state index in [-0.39, 0.29) is 17.9 Å². The first-order chi connectivity index (χ1) is 9.66. The second kappa shape index (κ2) is 5.07. The zero-order valence-electron chi connectivity index (χ0n) is 11.7. The monoisotopic (exact) mass is 270 g/mol. The molecule has 1 atom stereocenters. The van der Waals surface area contributed by atoms with Crippen LogP contribution in [0.2, 0.25) is 0 Å². The number of nitrogens with zero attached hydrogens (tertiary/aromatic N) is 4. The van der Waals surface area contributed by atoms with E-state index in [0.717, 1.165) is 24.1 Å². The summed E-state index contributed by atoms with van der Waals surface area (Å²) in [7, 11) is 1.89. The van der Waals surface area contributed by atoms with Crippen molar-refractivity contribution in [2.24, 2.45) is 5.92 Å². The Morgan fingerprint density at radius 3 is 2.60 bits per heavy atom. The van der Waals surface area contributed by atoms with E-state index in [4.69, 9.17) is 0 Å². The maximum atomic E-state index is 12.1. The highest BCUT2D eigenvalue weighted by atomic mass is 16.2. The third-order valence-corrected chi connectivity index (χ3v) is 3.91. The molecule has 104 valence electrons. The van der Waals surface area contributed by atoms with Crippen molar-refractivity contribution in [2.45, 2.75) is 25.8 Å². The maximum Gasteiger partial charge on any atom is 0.225 e. The standard InChI is InChI=1S/C15H18N4O/c1-11(18(2)15(20)13-3-4-13)12-5-7-14(8-6-12)19-10-16-9-17-19/h5-11,13H,3-4H2,1-2H3/t11-/m0/s1. The molecule has 1 aromatic carbocycles. The third-order valence-electron chi connectivity index (χ3n) is 3.91. The fraction of sp³-hybridized carbons (Fsp3) is 0.400. The number of carbonyl (C=O) groups is 1. The van der Waals surface area contributed by atoms with Crippen molar-refractivity contribution in [3.63, 3.8) is 0 Å². The van der Waals surface area contributed by atoms with Gasteiger partial charge in [-0.2, -0.15) is 5.10 Å². The van der Waals surface area contributed by atoms with Gasteiger partial charge in [0.05, 0.1) is 11.7 Å². The number of benzene rings is 1. The Balaban J connectivity index is 1.75. The minimum Gasteiger partial charge on any atom is -0.339 e. The summed E-state index contributed by atoms with van der Waals surface area (Å²) in [5.41, 5.74) is 2.10. The van der Waals surface area contributed by atoms with Crippen LogP contribution in [0, 0.1) is 5.92 Å². The van der Waals surface area contributed by atoms with Crippen molar-refractivity contribution in [1.29, 1.82) is 0 Å². The van der Waals surface area contributed by atoms with Crippen molar-refractivity contribution >= 4 is 5.91 Å². The van der Waals surface area contributed by atoms with E-state index in [9.17, 15) is 4.79 Å². The van der Waals surface area contributed by atoms with Crippen LogP contribution in [0.15, 0.2) is 36.9 Å². The minimum atomic E-state index is 0.0906. The van der Waals surface area contributed by atoms with Crippen LogP contribution in [-0.2, 0) is 4.79 Å². The molecule has 20 heavy (non-hydrogen) atoms. The highest BCUT2D eigenvalue weighted by Crippen LogP contribution is 2.33. The fourth-order valence-electron chi connectivity index (χ4n) is 2.28. The molecule has 3 rings (SSSR count). The Labute approximate surface area is 118 Å². The number of aromatic nitrogens is 3. The summed E-state index contributed by atoms with van der Waals surface area (Å²) in [6.45, 7) is 2.06. The van der Waals surface area contributed by atoms with Gasteiger partial charge in [-0.05, 0) is 37.5 Å². The van der Waals surface area contributed by atoms with Gasteiger partial charge in [0, 0.05) is 13.0 Å². The molecule has 1 amide bonds. The summed E-state index contributed by atoms with van der Waals surface area (Å²) in [6.07, 6.45) is 5.27. The van der Waals surface area contributed by atoms with Crippen LogP contribution in [0.1, 0.15) is 31.4 Å². The summed E-state index contributed by atoms with van der Waals surface area (Å²) in [5, 5.41) is 4.10. The van der Waals surface area contributed by atoms with Crippen molar-refractivity contribution < 1.29 is 4.79 Å². The summed E-state index contributed by atoms with van der Waals surface area (Å²) in [6, 6.07) is 8.16. The minimum absolute atomic E-state index is 0.0906. The summed E-state index contributed by atoms with van der Waals surface area (Å²) in [5.74, 6) is 0.523. The van der Waals surface area contributed by atoms with Gasteiger partial charge in [-0.25, -0.2) is 9.67 Å². The van der Waals surface area contributed by atoms with Crippen LogP contribution >= 0.6 is 0 Å². The molecule has 0 unspecified atom stereocenters. The molecule has 5 nitrogen and oxygen atoms in total. The van der Waals surface area contributed by atoms with Crippen LogP contribution in [0.25, 0.3) is 5.69 Å². The molecule has 5 heteroatoms. The molecule has 1 aliphatic carbocycles. The predicted octanol–water partition coefficient (Wildman–Crippen LogP) is 2.20. The SMILES string of the molecule is C[C@@H](c1ccc(-n2cncn2)cc1)N(C)C(=O)C1CC1. The average Bonchev–Trinajstić information content (AvgIpc) is 3.20.